The Labute approximate surface area is 457 Å². The summed E-state index contributed by atoms with van der Waals surface area (Å²) < 4.78 is 4.91. The van der Waals surface area contributed by atoms with Crippen molar-refractivity contribution in [1.29, 1.82) is 0 Å². The van der Waals surface area contributed by atoms with E-state index in [0.717, 1.165) is 61.9 Å². The van der Waals surface area contributed by atoms with Crippen molar-refractivity contribution in [1.82, 2.24) is 59.8 Å². The molecule has 1 aromatic carbocycles. The molecule has 4 aromatic heterocycles. The fourth-order valence-corrected chi connectivity index (χ4v) is 11.7. The van der Waals surface area contributed by atoms with Gasteiger partial charge in [0.2, 0.25) is 23.6 Å². The van der Waals surface area contributed by atoms with Crippen molar-refractivity contribution in [2.45, 2.75) is 115 Å². The number of carbonyl (C=O) groups excluding carboxylic acids is 4. The summed E-state index contributed by atoms with van der Waals surface area (Å²) in [5.74, 6) is -0.294. The molecule has 2 aliphatic carbocycles. The number of H-pyrrole nitrogens is 1. The van der Waals surface area contributed by atoms with Crippen LogP contribution in [0.5, 0.6) is 0 Å². The summed E-state index contributed by atoms with van der Waals surface area (Å²) in [5.41, 5.74) is 6.87. The highest BCUT2D eigenvalue weighted by Gasteiger charge is 2.37. The molecule has 410 valence electrons. The van der Waals surface area contributed by atoms with Crippen LogP contribution in [-0.2, 0) is 52.3 Å². The lowest BCUT2D eigenvalue weighted by atomic mass is 9.86. The van der Waals surface area contributed by atoms with E-state index < -0.39 is 17.1 Å². The molecule has 9 rings (SSSR count). The molecular formula is C56H70Cl2N12O7. The van der Waals surface area contributed by atoms with E-state index in [-0.39, 0.29) is 59.6 Å². The second-order valence-electron chi connectivity index (χ2n) is 21.5. The number of aliphatic hydroxyl groups excluding tert-OH is 1. The van der Waals surface area contributed by atoms with E-state index in [2.05, 4.69) is 33.0 Å². The van der Waals surface area contributed by atoms with Crippen molar-refractivity contribution in [3.63, 3.8) is 0 Å². The molecule has 4 aliphatic rings. The molecule has 0 bridgehead atoms. The highest BCUT2D eigenvalue weighted by Crippen LogP contribution is 2.39. The summed E-state index contributed by atoms with van der Waals surface area (Å²) in [6.45, 7) is 9.19. The Morgan fingerprint density at radius 2 is 1.73 bits per heavy atom. The zero-order valence-electron chi connectivity index (χ0n) is 44.3. The van der Waals surface area contributed by atoms with Crippen molar-refractivity contribution in [3.05, 3.63) is 116 Å². The number of unbranched alkanes of at least 4 members (excludes halogenated alkanes) is 1. The molecular weight excluding hydrogens is 1020 g/mol. The van der Waals surface area contributed by atoms with Crippen molar-refractivity contribution in [2.75, 3.05) is 52.4 Å². The largest absolute Gasteiger partial charge is 0.388 e. The SMILES string of the molecule is CC1CC(CNCC(=O)NCCCCC(=O)NCCn2ccc(C3=c4c5c([nH]c4=C(Cl)C(C)(Cl)C3)CCN(C(=O)CO)C5)n2)=CC=C1c1c2ncn(CC3(O)CCN(C(=O)C[C@@H](C)c4ccccc4)CC3)c(=O)c2nn1C. The number of nitrogens with zero attached hydrogens (tertiary/aromatic N) is 8. The van der Waals surface area contributed by atoms with Gasteiger partial charge in [-0.25, -0.2) is 4.98 Å². The molecule has 2 unspecified atom stereocenters. The number of amides is 4. The highest BCUT2D eigenvalue weighted by molar-refractivity contribution is 6.53. The molecule has 1 fully saturated rings. The van der Waals surface area contributed by atoms with Gasteiger partial charge in [0.15, 0.2) is 5.52 Å². The fraction of sp³-hybridized carbons (Fsp3) is 0.500. The molecule has 0 spiro atoms. The maximum Gasteiger partial charge on any atom is 0.281 e. The Balaban J connectivity index is 0.685. The lowest BCUT2D eigenvalue weighted by molar-refractivity contribution is -0.136. The molecule has 1 saturated heterocycles. The maximum absolute atomic E-state index is 13.8. The number of halogens is 2. The van der Waals surface area contributed by atoms with Gasteiger partial charge < -0.3 is 40.9 Å². The second kappa shape index (κ2) is 23.7. The molecule has 3 atom stereocenters. The zero-order chi connectivity index (χ0) is 54.6. The van der Waals surface area contributed by atoms with Crippen molar-refractivity contribution in [2.24, 2.45) is 13.0 Å². The molecule has 0 radical (unpaired) electrons. The minimum Gasteiger partial charge on any atom is -0.388 e. The number of fused-ring (bicyclic) bond motifs is 4. The summed E-state index contributed by atoms with van der Waals surface area (Å²) in [6, 6.07) is 11.9. The van der Waals surface area contributed by atoms with E-state index in [4.69, 9.17) is 33.3 Å². The zero-order valence-corrected chi connectivity index (χ0v) is 45.9. The topological polar surface area (TPSA) is 238 Å². The number of carbonyl (C=O) groups is 4. The van der Waals surface area contributed by atoms with Gasteiger partial charge in [-0.2, -0.15) is 10.2 Å². The number of alkyl halides is 1. The molecule has 77 heavy (non-hydrogen) atoms. The number of likely N-dealkylation sites (tertiary alicyclic amines) is 1. The highest BCUT2D eigenvalue weighted by atomic mass is 35.5. The number of aryl methyl sites for hydroxylation is 1. The lowest BCUT2D eigenvalue weighted by Crippen LogP contribution is -2.49. The summed E-state index contributed by atoms with van der Waals surface area (Å²) in [6.07, 6.45) is 11.9. The van der Waals surface area contributed by atoms with E-state index in [1.165, 1.54) is 10.9 Å². The van der Waals surface area contributed by atoms with Gasteiger partial charge in [-0.05, 0) is 80.1 Å². The van der Waals surface area contributed by atoms with Crippen molar-refractivity contribution < 1.29 is 29.4 Å². The van der Waals surface area contributed by atoms with Gasteiger partial charge in [0, 0.05) is 94.8 Å². The standard InChI is InChI=1S/C56H70Cl2N12O7/c1-35(38-10-6-5-7-11-38)27-46(74)67-23-17-56(77,18-24-67)33-69-34-62-50-51(54(69)76)65-66(4)52(50)39-14-13-37(26-36(39)2)29-59-30-45(73)60-19-9-8-12-44(72)61-20-25-70-22-16-43(64-70)40-28-55(3,58)53(57)49-48(40)41-31-68(47(75)32-71)21-15-42(41)63-49/h5-7,10-11,13-14,16,22,34-36,59,63,71,77H,8-9,12,15,17-21,23-33H2,1-4H3,(H,60,73)(H,61,72)/t35-,36?,55?/m1/s1. The second-order valence-corrected chi connectivity index (χ2v) is 22.7. The van der Waals surface area contributed by atoms with Gasteiger partial charge in [-0.1, -0.05) is 73.5 Å². The number of benzene rings is 1. The van der Waals surface area contributed by atoms with Crippen molar-refractivity contribution in [3.8, 4) is 0 Å². The van der Waals surface area contributed by atoms with Crippen LogP contribution in [0.2, 0.25) is 0 Å². The van der Waals surface area contributed by atoms with Crippen LogP contribution in [0.1, 0.15) is 106 Å². The molecule has 4 amide bonds. The van der Waals surface area contributed by atoms with E-state index in [0.29, 0.717) is 114 Å². The van der Waals surface area contributed by atoms with E-state index in [1.54, 1.807) is 21.3 Å². The molecule has 0 saturated carbocycles. The average molecular weight is 1090 g/mol. The fourth-order valence-electron chi connectivity index (χ4n) is 11.2. The van der Waals surface area contributed by atoms with Crippen LogP contribution in [0.3, 0.4) is 0 Å². The van der Waals surface area contributed by atoms with Gasteiger partial charge in [-0.15, -0.1) is 11.6 Å². The first-order chi connectivity index (χ1) is 36.9. The molecule has 6 N–H and O–H groups in total. The number of rotatable bonds is 20. The smallest absolute Gasteiger partial charge is 0.281 e. The van der Waals surface area contributed by atoms with Gasteiger partial charge in [-0.3, -0.25) is 37.9 Å². The number of aromatic amines is 1. The number of allylic oxidation sites excluding steroid dienone is 3. The van der Waals surface area contributed by atoms with Crippen LogP contribution in [-0.4, -0.2) is 141 Å². The third-order valence-electron chi connectivity index (χ3n) is 15.6. The average Bonchev–Trinajstić information content (AvgIpc) is 4.26. The number of nitrogens with one attached hydrogen (secondary N) is 4. The van der Waals surface area contributed by atoms with Gasteiger partial charge in [0.1, 0.15) is 12.1 Å². The predicted octanol–water partition coefficient (Wildman–Crippen LogP) is 3.07. The summed E-state index contributed by atoms with van der Waals surface area (Å²) in [4.78, 5) is 75.5. The normalized spacial score (nSPS) is 19.6. The third kappa shape index (κ3) is 12.5. The molecule has 5 aromatic rings. The summed E-state index contributed by atoms with van der Waals surface area (Å²) in [5, 5.41) is 41.8. The Morgan fingerprint density at radius 1 is 0.961 bits per heavy atom. The van der Waals surface area contributed by atoms with Crippen LogP contribution in [0.4, 0.5) is 0 Å². The number of hydrogen-bond donors (Lipinski definition) is 6. The Hall–Kier alpha value is -6.38. The Morgan fingerprint density at radius 3 is 2.48 bits per heavy atom. The van der Waals surface area contributed by atoms with Gasteiger partial charge in [0.25, 0.3) is 5.56 Å². The van der Waals surface area contributed by atoms with Crippen LogP contribution in [0.15, 0.2) is 71.4 Å². The van der Waals surface area contributed by atoms with Crippen LogP contribution < -0.4 is 32.1 Å². The number of aromatic nitrogens is 7. The minimum absolute atomic E-state index is 0.0585. The van der Waals surface area contributed by atoms with Crippen LogP contribution in [0, 0.1) is 5.92 Å². The third-order valence-corrected chi connectivity index (χ3v) is 16.6. The van der Waals surface area contributed by atoms with Gasteiger partial charge in [0.05, 0.1) is 58.2 Å². The number of aliphatic hydroxyl groups is 2. The minimum atomic E-state index is -1.16. The first kappa shape index (κ1) is 55.4. The predicted molar refractivity (Wildman–Crippen MR) is 295 cm³/mol. The Bertz CT molecular complexity index is 3290. The molecule has 6 heterocycles. The van der Waals surface area contributed by atoms with Crippen LogP contribution in [0.25, 0.3) is 27.2 Å². The first-order valence-electron chi connectivity index (χ1n) is 26.8. The monoisotopic (exact) mass is 1090 g/mol. The molecule has 2 aliphatic heterocycles. The molecule has 19 nitrogen and oxygen atoms in total. The van der Waals surface area contributed by atoms with E-state index >= 15 is 0 Å². The number of piperidine rings is 1. The van der Waals surface area contributed by atoms with E-state index in [9.17, 15) is 34.2 Å². The van der Waals surface area contributed by atoms with E-state index in [1.807, 2.05) is 73.5 Å². The summed E-state index contributed by atoms with van der Waals surface area (Å²) in [7, 11) is 1.80. The number of hydrogen-bond acceptors (Lipinski definition) is 11. The quantitative estimate of drug-likeness (QED) is 0.0490. The van der Waals surface area contributed by atoms with Gasteiger partial charge >= 0.3 is 0 Å². The maximum atomic E-state index is 13.8. The molecule has 21 heteroatoms. The first-order valence-corrected chi connectivity index (χ1v) is 27.5. The lowest BCUT2D eigenvalue weighted by Gasteiger charge is -2.38. The summed E-state index contributed by atoms with van der Waals surface area (Å²) >= 11 is 13.8. The Kier molecular flexibility index (Phi) is 17.0. The van der Waals surface area contributed by atoms with Crippen molar-refractivity contribution >= 4 is 74.0 Å². The van der Waals surface area contributed by atoms with Crippen LogP contribution >= 0.6 is 23.2 Å².